The van der Waals surface area contributed by atoms with Gasteiger partial charge in [0.25, 0.3) is 6.09 Å². The number of anilines is 1. The van der Waals surface area contributed by atoms with Gasteiger partial charge in [-0.15, -0.1) is 11.6 Å². The summed E-state index contributed by atoms with van der Waals surface area (Å²) in [7, 11) is 0. The van der Waals surface area contributed by atoms with E-state index >= 15 is 0 Å². The molecule has 0 amide bonds. The van der Waals surface area contributed by atoms with E-state index in [2.05, 4.69) is 46.8 Å². The van der Waals surface area contributed by atoms with Crippen molar-refractivity contribution in [3.05, 3.63) is 26.9 Å². The topological polar surface area (TPSA) is 41.4 Å². The molecular weight excluding hydrogens is 409 g/mol. The molecule has 1 aliphatic heterocycles. The summed E-state index contributed by atoms with van der Waals surface area (Å²) in [6, 6.07) is -0.496. The highest BCUT2D eigenvalue weighted by atomic mass is 79.9. The quantitative estimate of drug-likeness (QED) is 0.420. The van der Waals surface area contributed by atoms with Crippen LogP contribution in [0.2, 0.25) is 0 Å². The second-order valence-electron chi connectivity index (χ2n) is 3.67. The van der Waals surface area contributed by atoms with Crippen molar-refractivity contribution in [2.45, 2.75) is 13.0 Å². The molecule has 2 rings (SSSR count). The largest absolute Gasteiger partial charge is 0.310 e. The van der Waals surface area contributed by atoms with E-state index in [9.17, 15) is 8.78 Å². The number of halogens is 5. The Morgan fingerprint density at radius 1 is 1.37 bits per heavy atom. The number of hydrogen-bond donors (Lipinski definition) is 0. The van der Waals surface area contributed by atoms with Gasteiger partial charge in [0.15, 0.2) is 5.82 Å². The zero-order valence-electron chi connectivity index (χ0n) is 9.54. The molecule has 102 valence electrons. The molecule has 9 heteroatoms. The van der Waals surface area contributed by atoms with Gasteiger partial charge in [0, 0.05) is 16.6 Å². The van der Waals surface area contributed by atoms with Crippen molar-refractivity contribution in [3.63, 3.8) is 0 Å². The maximum Gasteiger partial charge on any atom is 0.310 e. The number of rotatable bonds is 2. The van der Waals surface area contributed by atoms with Gasteiger partial charge in [-0.1, -0.05) is 15.9 Å². The number of aromatic nitrogens is 2. The lowest BCUT2D eigenvalue weighted by molar-refractivity contribution is 0.534. The van der Waals surface area contributed by atoms with Gasteiger partial charge >= 0.3 is 6.08 Å². The van der Waals surface area contributed by atoms with Gasteiger partial charge in [-0.3, -0.25) is 4.90 Å². The number of hydrogen-bond acceptors (Lipinski definition) is 4. The minimum absolute atomic E-state index is 0.0382. The van der Waals surface area contributed by atoms with E-state index in [-0.39, 0.29) is 11.7 Å². The summed E-state index contributed by atoms with van der Waals surface area (Å²) in [6.07, 6.45) is -0.332. The number of aryl methyl sites for hydroxylation is 1. The molecule has 0 aromatic carbocycles. The van der Waals surface area contributed by atoms with E-state index in [1.165, 1.54) is 6.20 Å². The maximum absolute atomic E-state index is 13.9. The molecule has 1 unspecified atom stereocenters. The standard InChI is InChI=1S/C10H7Br2ClF2N4/c1-4-7(12)8(18-9(14)16-4)19-3-5(11)6(2-13)17-10(19)15/h3,6H,2H2,1H3. The molecule has 0 fully saturated rings. The number of alkyl halides is 1. The highest BCUT2D eigenvalue weighted by Gasteiger charge is 2.26. The van der Waals surface area contributed by atoms with Gasteiger partial charge in [-0.2, -0.15) is 13.8 Å². The van der Waals surface area contributed by atoms with Crippen molar-refractivity contribution < 1.29 is 8.78 Å². The molecule has 1 atom stereocenters. The van der Waals surface area contributed by atoms with Crippen LogP contribution >= 0.6 is 43.5 Å². The molecule has 0 aliphatic carbocycles. The Bertz CT molecular complexity index is 579. The molecule has 0 radical (unpaired) electrons. The van der Waals surface area contributed by atoms with Crippen LogP contribution in [-0.2, 0) is 0 Å². The third kappa shape index (κ3) is 2.95. The second kappa shape index (κ2) is 5.80. The molecular formula is C10H7Br2ClF2N4. The molecule has 0 bridgehead atoms. The van der Waals surface area contributed by atoms with Crippen molar-refractivity contribution in [2.75, 3.05) is 10.8 Å². The first kappa shape index (κ1) is 14.8. The number of aliphatic imine (C=N–C) groups is 1. The fourth-order valence-corrected chi connectivity index (χ4v) is 2.70. The fourth-order valence-electron chi connectivity index (χ4n) is 1.44. The van der Waals surface area contributed by atoms with Crippen LogP contribution in [0.5, 0.6) is 0 Å². The van der Waals surface area contributed by atoms with Gasteiger partial charge < -0.3 is 0 Å². The van der Waals surface area contributed by atoms with Crippen LogP contribution in [0.15, 0.2) is 20.1 Å². The molecule has 2 heterocycles. The fraction of sp³-hybridized carbons (Fsp3) is 0.300. The zero-order valence-corrected chi connectivity index (χ0v) is 13.5. The minimum Gasteiger partial charge on any atom is -0.260 e. The lowest BCUT2D eigenvalue weighted by Crippen LogP contribution is -2.31. The lowest BCUT2D eigenvalue weighted by Gasteiger charge is -2.24. The normalized spacial score (nSPS) is 19.3. The first-order chi connectivity index (χ1) is 8.93. The summed E-state index contributed by atoms with van der Waals surface area (Å²) in [6.45, 7) is 1.58. The lowest BCUT2D eigenvalue weighted by atomic mass is 10.3. The molecule has 1 aromatic rings. The van der Waals surface area contributed by atoms with Crippen LogP contribution in [0.3, 0.4) is 0 Å². The first-order valence-corrected chi connectivity index (χ1v) is 7.21. The predicted molar refractivity (Wildman–Crippen MR) is 77.0 cm³/mol. The van der Waals surface area contributed by atoms with Crippen molar-refractivity contribution >= 4 is 55.4 Å². The molecule has 0 spiro atoms. The molecule has 4 nitrogen and oxygen atoms in total. The number of nitrogens with zero attached hydrogens (tertiary/aromatic N) is 4. The van der Waals surface area contributed by atoms with E-state index < -0.39 is 18.2 Å². The zero-order chi connectivity index (χ0) is 14.2. The van der Waals surface area contributed by atoms with Crippen LogP contribution in [0.4, 0.5) is 14.6 Å². The van der Waals surface area contributed by atoms with Crippen LogP contribution in [0.1, 0.15) is 5.69 Å². The second-order valence-corrected chi connectivity index (χ2v) is 5.69. The van der Waals surface area contributed by atoms with Crippen LogP contribution in [-0.4, -0.2) is 28.0 Å². The summed E-state index contributed by atoms with van der Waals surface area (Å²) < 4.78 is 28.1. The van der Waals surface area contributed by atoms with E-state index in [1.807, 2.05) is 0 Å². The van der Waals surface area contributed by atoms with Gasteiger partial charge in [0.2, 0.25) is 0 Å². The Hall–Kier alpha value is -0.600. The summed E-state index contributed by atoms with van der Waals surface area (Å²) in [4.78, 5) is 11.9. The molecule has 0 N–H and O–H groups in total. The van der Waals surface area contributed by atoms with Crippen molar-refractivity contribution in [1.29, 1.82) is 0 Å². The Morgan fingerprint density at radius 2 is 2.05 bits per heavy atom. The Labute approximate surface area is 129 Å². The molecule has 0 saturated carbocycles. The molecule has 1 aliphatic rings. The van der Waals surface area contributed by atoms with Crippen LogP contribution in [0.25, 0.3) is 0 Å². The molecule has 0 saturated heterocycles. The third-order valence-corrected chi connectivity index (χ3v) is 4.33. The van der Waals surface area contributed by atoms with Crippen molar-refractivity contribution in [1.82, 2.24) is 9.97 Å². The third-order valence-electron chi connectivity index (χ3n) is 2.38. The van der Waals surface area contributed by atoms with Crippen LogP contribution < -0.4 is 4.90 Å². The summed E-state index contributed by atoms with van der Waals surface area (Å²) >= 11 is 12.1. The van der Waals surface area contributed by atoms with Crippen molar-refractivity contribution in [2.24, 2.45) is 4.99 Å². The Morgan fingerprint density at radius 3 is 2.68 bits per heavy atom. The smallest absolute Gasteiger partial charge is 0.260 e. The average Bonchev–Trinajstić information content (AvgIpc) is 2.36. The van der Waals surface area contributed by atoms with Crippen molar-refractivity contribution in [3.8, 4) is 0 Å². The molecule has 1 aromatic heterocycles. The van der Waals surface area contributed by atoms with Gasteiger partial charge in [0.1, 0.15) is 6.04 Å². The average molecular weight is 416 g/mol. The van der Waals surface area contributed by atoms with Crippen LogP contribution in [0, 0.1) is 13.0 Å². The first-order valence-electron chi connectivity index (χ1n) is 5.09. The van der Waals surface area contributed by atoms with E-state index in [0.717, 1.165) is 4.90 Å². The summed E-state index contributed by atoms with van der Waals surface area (Å²) in [5.41, 5.74) is 0.360. The number of amidine groups is 1. The summed E-state index contributed by atoms with van der Waals surface area (Å²) in [5, 5.41) is 0. The summed E-state index contributed by atoms with van der Waals surface area (Å²) in [5.74, 6) is 0.174. The van der Waals surface area contributed by atoms with E-state index in [0.29, 0.717) is 14.6 Å². The maximum atomic E-state index is 13.9. The van der Waals surface area contributed by atoms with Gasteiger partial charge in [-0.25, -0.2) is 9.98 Å². The SMILES string of the molecule is Cc1nc(F)nc(N2C=C(Br)C(CCl)N=C2F)c1Br. The Kier molecular flexibility index (Phi) is 4.52. The monoisotopic (exact) mass is 414 g/mol. The Balaban J connectivity index is 2.49. The highest BCUT2D eigenvalue weighted by molar-refractivity contribution is 9.11. The van der Waals surface area contributed by atoms with Gasteiger partial charge in [0.05, 0.1) is 10.2 Å². The predicted octanol–water partition coefficient (Wildman–Crippen LogP) is 3.68. The minimum atomic E-state index is -0.938. The highest BCUT2D eigenvalue weighted by Crippen LogP contribution is 2.31. The van der Waals surface area contributed by atoms with E-state index in [4.69, 9.17) is 11.6 Å². The van der Waals surface area contributed by atoms with Gasteiger partial charge in [-0.05, 0) is 22.9 Å². The van der Waals surface area contributed by atoms with E-state index in [1.54, 1.807) is 6.92 Å². The molecule has 19 heavy (non-hydrogen) atoms.